The Morgan fingerprint density at radius 3 is 2.31 bits per heavy atom. The molecule has 1 atom stereocenters. The molecule has 1 aromatic rings. The summed E-state index contributed by atoms with van der Waals surface area (Å²) in [6, 6.07) is 5.45. The monoisotopic (exact) mass is 246 g/mol. The molecule has 1 unspecified atom stereocenters. The number of hydrogen-bond donors (Lipinski definition) is 3. The Labute approximate surface area is 98.2 Å². The molecule has 0 saturated carbocycles. The lowest BCUT2D eigenvalue weighted by Gasteiger charge is -2.09. The van der Waals surface area contributed by atoms with Crippen molar-refractivity contribution in [2.24, 2.45) is 11.7 Å². The van der Waals surface area contributed by atoms with Crippen LogP contribution >= 0.6 is 12.4 Å². The van der Waals surface area contributed by atoms with Gasteiger partial charge in [0.2, 0.25) is 0 Å². The van der Waals surface area contributed by atoms with Crippen molar-refractivity contribution < 1.29 is 14.3 Å². The molecule has 0 heterocycles. The van der Waals surface area contributed by atoms with Crippen molar-refractivity contribution in [3.63, 3.8) is 0 Å². The van der Waals surface area contributed by atoms with E-state index >= 15 is 0 Å². The summed E-state index contributed by atoms with van der Waals surface area (Å²) in [5, 5.41) is 15.9. The zero-order valence-corrected chi connectivity index (χ0v) is 9.13. The number of carboxylic acid groups (broad SMARTS) is 1. The van der Waals surface area contributed by atoms with E-state index in [1.54, 1.807) is 0 Å². The van der Waals surface area contributed by atoms with Gasteiger partial charge in [-0.25, -0.2) is 4.39 Å². The van der Waals surface area contributed by atoms with Gasteiger partial charge in [0.1, 0.15) is 17.6 Å². The fourth-order valence-electron chi connectivity index (χ4n) is 1.19. The van der Waals surface area contributed by atoms with E-state index in [2.05, 4.69) is 0 Å². The molecule has 0 amide bonds. The molecule has 4 nitrogen and oxygen atoms in total. The topological polar surface area (TPSA) is 87.2 Å². The lowest BCUT2D eigenvalue weighted by molar-refractivity contribution is -0.139. The molecule has 0 aliphatic heterocycles. The summed E-state index contributed by atoms with van der Waals surface area (Å²) in [7, 11) is 0. The highest BCUT2D eigenvalue weighted by atomic mass is 35.5. The Balaban J connectivity index is 0.00000225. The average Bonchev–Trinajstić information content (AvgIpc) is 2.15. The molecule has 1 aromatic carbocycles. The first-order valence-corrected chi connectivity index (χ1v) is 4.32. The second-order valence-electron chi connectivity index (χ2n) is 3.18. The third-order valence-electron chi connectivity index (χ3n) is 2.03. The number of hydrogen-bond acceptors (Lipinski definition) is 2. The molecule has 0 aromatic heterocycles. The molecule has 0 bridgehead atoms. The Kier molecular flexibility index (Phi) is 5.46. The van der Waals surface area contributed by atoms with Crippen molar-refractivity contribution in [1.82, 2.24) is 0 Å². The first-order chi connectivity index (χ1) is 7.00. The minimum absolute atomic E-state index is 0. The average molecular weight is 247 g/mol. The molecule has 0 saturated heterocycles. The Morgan fingerprint density at radius 2 is 1.94 bits per heavy atom. The van der Waals surface area contributed by atoms with Crippen LogP contribution in [0.25, 0.3) is 0 Å². The summed E-state index contributed by atoms with van der Waals surface area (Å²) < 4.78 is 12.6. The van der Waals surface area contributed by atoms with Gasteiger partial charge in [-0.3, -0.25) is 10.2 Å². The molecule has 0 aliphatic rings. The fourth-order valence-corrected chi connectivity index (χ4v) is 1.19. The van der Waals surface area contributed by atoms with Crippen LogP contribution in [0.5, 0.6) is 0 Å². The SMILES string of the molecule is Cl.N=C(N)C(Cc1ccc(F)cc1)C(=O)O. The molecule has 0 fully saturated rings. The van der Waals surface area contributed by atoms with Gasteiger partial charge in [-0.05, 0) is 24.1 Å². The zero-order valence-electron chi connectivity index (χ0n) is 8.31. The molecule has 0 radical (unpaired) electrons. The van der Waals surface area contributed by atoms with Gasteiger partial charge in [0, 0.05) is 0 Å². The second-order valence-corrected chi connectivity index (χ2v) is 3.18. The molecule has 6 heteroatoms. The van der Waals surface area contributed by atoms with E-state index in [0.717, 1.165) is 0 Å². The summed E-state index contributed by atoms with van der Waals surface area (Å²) in [4.78, 5) is 10.7. The third kappa shape index (κ3) is 3.86. The summed E-state index contributed by atoms with van der Waals surface area (Å²) in [5.74, 6) is -2.97. The van der Waals surface area contributed by atoms with Gasteiger partial charge in [-0.2, -0.15) is 0 Å². The summed E-state index contributed by atoms with van der Waals surface area (Å²) in [6.45, 7) is 0. The van der Waals surface area contributed by atoms with Crippen molar-refractivity contribution in [2.45, 2.75) is 6.42 Å². The highest BCUT2D eigenvalue weighted by Crippen LogP contribution is 2.10. The fraction of sp³-hybridized carbons (Fsp3) is 0.200. The van der Waals surface area contributed by atoms with E-state index in [0.29, 0.717) is 5.56 Å². The third-order valence-corrected chi connectivity index (χ3v) is 2.03. The molecule has 0 spiro atoms. The molecule has 1 rings (SSSR count). The number of nitrogens with one attached hydrogen (secondary N) is 1. The predicted molar refractivity (Wildman–Crippen MR) is 60.4 cm³/mol. The van der Waals surface area contributed by atoms with Gasteiger partial charge in [-0.15, -0.1) is 12.4 Å². The molecule has 4 N–H and O–H groups in total. The van der Waals surface area contributed by atoms with Gasteiger partial charge in [0.25, 0.3) is 0 Å². The van der Waals surface area contributed by atoms with E-state index < -0.39 is 17.7 Å². The number of rotatable bonds is 4. The normalized spacial score (nSPS) is 11.3. The standard InChI is InChI=1S/C10H11FN2O2.ClH/c11-7-3-1-6(2-4-7)5-8(9(12)13)10(14)15;/h1-4,8H,5H2,(H3,12,13)(H,14,15);1H. The van der Waals surface area contributed by atoms with Crippen LogP contribution in [-0.2, 0) is 11.2 Å². The number of aliphatic carboxylic acids is 1. The molecular weight excluding hydrogens is 235 g/mol. The Hall–Kier alpha value is -1.62. The largest absolute Gasteiger partial charge is 0.481 e. The number of carbonyl (C=O) groups is 1. The van der Waals surface area contributed by atoms with Crippen LogP contribution in [0.15, 0.2) is 24.3 Å². The van der Waals surface area contributed by atoms with Crippen LogP contribution in [0, 0.1) is 17.1 Å². The number of nitrogens with two attached hydrogens (primary N) is 1. The van der Waals surface area contributed by atoms with Gasteiger partial charge in [-0.1, -0.05) is 12.1 Å². The van der Waals surface area contributed by atoms with Crippen molar-refractivity contribution in [3.05, 3.63) is 35.6 Å². The Bertz CT molecular complexity index is 367. The smallest absolute Gasteiger partial charge is 0.314 e. The molecule has 16 heavy (non-hydrogen) atoms. The maximum absolute atomic E-state index is 12.6. The molecular formula is C10H12ClFN2O2. The van der Waals surface area contributed by atoms with E-state index in [9.17, 15) is 9.18 Å². The Morgan fingerprint density at radius 1 is 1.44 bits per heavy atom. The first kappa shape index (κ1) is 14.4. The maximum Gasteiger partial charge on any atom is 0.314 e. The molecule has 88 valence electrons. The maximum atomic E-state index is 12.6. The van der Waals surface area contributed by atoms with E-state index in [1.165, 1.54) is 24.3 Å². The first-order valence-electron chi connectivity index (χ1n) is 4.32. The highest BCUT2D eigenvalue weighted by molar-refractivity contribution is 5.97. The second kappa shape index (κ2) is 6.07. The van der Waals surface area contributed by atoms with Crippen LogP contribution < -0.4 is 5.73 Å². The van der Waals surface area contributed by atoms with Crippen LogP contribution in [0.4, 0.5) is 4.39 Å². The van der Waals surface area contributed by atoms with Crippen LogP contribution in [0.2, 0.25) is 0 Å². The number of benzene rings is 1. The molecule has 0 aliphatic carbocycles. The summed E-state index contributed by atoms with van der Waals surface area (Å²) in [6.07, 6.45) is 0.102. The van der Waals surface area contributed by atoms with Crippen LogP contribution in [-0.4, -0.2) is 16.9 Å². The number of amidine groups is 1. The predicted octanol–water partition coefficient (Wildman–Crippen LogP) is 1.43. The van der Waals surface area contributed by atoms with Gasteiger partial charge in [0.05, 0.1) is 0 Å². The highest BCUT2D eigenvalue weighted by Gasteiger charge is 2.20. The van der Waals surface area contributed by atoms with Crippen molar-refractivity contribution in [2.75, 3.05) is 0 Å². The minimum atomic E-state index is -1.15. The lowest BCUT2D eigenvalue weighted by atomic mass is 9.98. The van der Waals surface area contributed by atoms with E-state index in [4.69, 9.17) is 16.2 Å². The lowest BCUT2D eigenvalue weighted by Crippen LogP contribution is -2.31. The number of carboxylic acids is 1. The van der Waals surface area contributed by atoms with E-state index in [-0.39, 0.29) is 24.6 Å². The number of halogens is 2. The summed E-state index contributed by atoms with van der Waals surface area (Å²) >= 11 is 0. The quantitative estimate of drug-likeness (QED) is 0.555. The summed E-state index contributed by atoms with van der Waals surface area (Å²) in [5.41, 5.74) is 5.78. The van der Waals surface area contributed by atoms with Crippen molar-refractivity contribution in [1.29, 1.82) is 5.41 Å². The van der Waals surface area contributed by atoms with Crippen molar-refractivity contribution >= 4 is 24.2 Å². The van der Waals surface area contributed by atoms with E-state index in [1.807, 2.05) is 0 Å². The van der Waals surface area contributed by atoms with Crippen molar-refractivity contribution in [3.8, 4) is 0 Å². The minimum Gasteiger partial charge on any atom is -0.481 e. The van der Waals surface area contributed by atoms with Gasteiger partial charge in [0.15, 0.2) is 0 Å². The zero-order chi connectivity index (χ0) is 11.4. The van der Waals surface area contributed by atoms with Crippen LogP contribution in [0.1, 0.15) is 5.56 Å². The van der Waals surface area contributed by atoms with Crippen LogP contribution in [0.3, 0.4) is 0 Å². The van der Waals surface area contributed by atoms with Gasteiger partial charge >= 0.3 is 5.97 Å². The van der Waals surface area contributed by atoms with Gasteiger partial charge < -0.3 is 10.8 Å².